The molecule has 1 aromatic rings. The van der Waals surface area contributed by atoms with Crippen LogP contribution in [-0.2, 0) is 9.53 Å². The van der Waals surface area contributed by atoms with Crippen LogP contribution in [0, 0.1) is 0 Å². The predicted molar refractivity (Wildman–Crippen MR) is 86.8 cm³/mol. The van der Waals surface area contributed by atoms with Gasteiger partial charge in [-0.25, -0.2) is 4.79 Å². The molecule has 0 saturated heterocycles. The van der Waals surface area contributed by atoms with Gasteiger partial charge >= 0.3 is 5.97 Å². The number of ether oxygens (including phenoxy) is 2. The van der Waals surface area contributed by atoms with E-state index >= 15 is 0 Å². The number of carbonyl (C=O) groups excluding carboxylic acids is 1. The zero-order valence-corrected chi connectivity index (χ0v) is 13.6. The molecular weight excluding hydrogens is 266 g/mol. The van der Waals surface area contributed by atoms with Crippen molar-refractivity contribution < 1.29 is 14.3 Å². The Morgan fingerprint density at radius 3 is 2.43 bits per heavy atom. The molecule has 0 atom stereocenters. The second kappa shape index (κ2) is 8.35. The lowest BCUT2D eigenvalue weighted by molar-refractivity contribution is -0.138. The molecule has 0 aliphatic heterocycles. The zero-order chi connectivity index (χ0) is 15.8. The first-order valence-corrected chi connectivity index (χ1v) is 7.35. The summed E-state index contributed by atoms with van der Waals surface area (Å²) < 4.78 is 10.4. The molecule has 0 unspecified atom stereocenters. The maximum Gasteiger partial charge on any atom is 0.333 e. The van der Waals surface area contributed by atoms with Gasteiger partial charge in [0.1, 0.15) is 5.75 Å². The summed E-state index contributed by atoms with van der Waals surface area (Å²) in [6.07, 6.45) is 1.79. The minimum Gasteiger partial charge on any atom is -0.496 e. The summed E-state index contributed by atoms with van der Waals surface area (Å²) in [5, 5.41) is 0. The molecule has 4 nitrogen and oxygen atoms in total. The summed E-state index contributed by atoms with van der Waals surface area (Å²) >= 11 is 0. The van der Waals surface area contributed by atoms with Crippen LogP contribution in [0.2, 0.25) is 0 Å². The van der Waals surface area contributed by atoms with Crippen LogP contribution < -0.4 is 9.64 Å². The maximum absolute atomic E-state index is 11.7. The first-order valence-electron chi connectivity index (χ1n) is 7.35. The van der Waals surface area contributed by atoms with Crippen molar-refractivity contribution in [1.82, 2.24) is 0 Å². The number of benzene rings is 1. The molecule has 0 saturated carbocycles. The van der Waals surface area contributed by atoms with Crippen LogP contribution >= 0.6 is 0 Å². The molecule has 1 rings (SSSR count). The summed E-state index contributed by atoms with van der Waals surface area (Å²) in [5.74, 6) is 0.454. The second-order valence-corrected chi connectivity index (χ2v) is 4.65. The molecule has 0 aliphatic rings. The van der Waals surface area contributed by atoms with Crippen molar-refractivity contribution in [2.45, 2.75) is 27.7 Å². The number of esters is 1. The standard InChI is InChI=1S/C17H25NO3/c1-6-18(7-2)15-10-9-14(16(12-15)20-5)11-13(4)17(19)21-8-3/h9-12H,6-8H2,1-5H3/b13-11+. The lowest BCUT2D eigenvalue weighted by Gasteiger charge is -2.22. The van der Waals surface area contributed by atoms with Crippen molar-refractivity contribution in [1.29, 1.82) is 0 Å². The fraction of sp³-hybridized carbons (Fsp3) is 0.471. The van der Waals surface area contributed by atoms with Crippen LogP contribution in [0.5, 0.6) is 5.75 Å². The molecule has 0 heterocycles. The number of carbonyl (C=O) groups is 1. The average molecular weight is 291 g/mol. The summed E-state index contributed by atoms with van der Waals surface area (Å²) in [7, 11) is 1.64. The largest absolute Gasteiger partial charge is 0.496 e. The van der Waals surface area contributed by atoms with Crippen molar-refractivity contribution in [2.75, 3.05) is 31.7 Å². The second-order valence-electron chi connectivity index (χ2n) is 4.65. The minimum absolute atomic E-state index is 0.299. The Morgan fingerprint density at radius 1 is 1.24 bits per heavy atom. The zero-order valence-electron chi connectivity index (χ0n) is 13.6. The van der Waals surface area contributed by atoms with Gasteiger partial charge in [0.2, 0.25) is 0 Å². The van der Waals surface area contributed by atoms with Gasteiger partial charge < -0.3 is 14.4 Å². The van der Waals surface area contributed by atoms with Gasteiger partial charge in [0.15, 0.2) is 0 Å². The molecule has 0 N–H and O–H groups in total. The summed E-state index contributed by atoms with van der Waals surface area (Å²) in [6.45, 7) is 10.0. The Hall–Kier alpha value is -1.97. The van der Waals surface area contributed by atoms with E-state index in [4.69, 9.17) is 9.47 Å². The Labute approximate surface area is 127 Å². The Balaban J connectivity index is 3.09. The molecule has 0 aromatic heterocycles. The Bertz CT molecular complexity index is 505. The molecule has 0 spiro atoms. The van der Waals surface area contributed by atoms with Crippen LogP contribution in [-0.4, -0.2) is 32.8 Å². The molecular formula is C17H25NO3. The van der Waals surface area contributed by atoms with E-state index in [0.29, 0.717) is 12.2 Å². The van der Waals surface area contributed by atoms with E-state index in [2.05, 4.69) is 18.7 Å². The first-order chi connectivity index (χ1) is 10.1. The third kappa shape index (κ3) is 4.52. The van der Waals surface area contributed by atoms with Gasteiger partial charge in [-0.05, 0) is 45.9 Å². The third-order valence-corrected chi connectivity index (χ3v) is 3.32. The normalized spacial score (nSPS) is 11.2. The van der Waals surface area contributed by atoms with E-state index in [1.165, 1.54) is 0 Å². The van der Waals surface area contributed by atoms with Gasteiger partial charge in [-0.2, -0.15) is 0 Å². The van der Waals surface area contributed by atoms with Crippen molar-refractivity contribution in [3.05, 3.63) is 29.3 Å². The summed E-state index contributed by atoms with van der Waals surface area (Å²) in [6, 6.07) is 6.01. The molecule has 21 heavy (non-hydrogen) atoms. The number of methoxy groups -OCH3 is 1. The quantitative estimate of drug-likeness (QED) is 0.569. The van der Waals surface area contributed by atoms with Crippen molar-refractivity contribution in [3.8, 4) is 5.75 Å². The van der Waals surface area contributed by atoms with E-state index in [1.807, 2.05) is 18.2 Å². The van der Waals surface area contributed by atoms with Crippen LogP contribution in [0.25, 0.3) is 6.08 Å². The van der Waals surface area contributed by atoms with E-state index in [9.17, 15) is 4.79 Å². The number of hydrogen-bond acceptors (Lipinski definition) is 4. The number of anilines is 1. The predicted octanol–water partition coefficient (Wildman–Crippen LogP) is 3.51. The lowest BCUT2D eigenvalue weighted by atomic mass is 10.1. The smallest absolute Gasteiger partial charge is 0.333 e. The number of rotatable bonds is 7. The first kappa shape index (κ1) is 17.1. The molecule has 0 amide bonds. The van der Waals surface area contributed by atoms with Gasteiger partial charge in [0.25, 0.3) is 0 Å². The molecule has 0 fully saturated rings. The monoisotopic (exact) mass is 291 g/mol. The highest BCUT2D eigenvalue weighted by Gasteiger charge is 2.09. The fourth-order valence-electron chi connectivity index (χ4n) is 2.14. The number of nitrogens with zero attached hydrogens (tertiary/aromatic N) is 1. The molecule has 0 aliphatic carbocycles. The van der Waals surface area contributed by atoms with E-state index in [0.717, 1.165) is 30.1 Å². The third-order valence-electron chi connectivity index (χ3n) is 3.32. The highest BCUT2D eigenvalue weighted by atomic mass is 16.5. The lowest BCUT2D eigenvalue weighted by Crippen LogP contribution is -2.21. The van der Waals surface area contributed by atoms with Gasteiger partial charge in [-0.3, -0.25) is 0 Å². The minimum atomic E-state index is -0.299. The SMILES string of the molecule is CCOC(=O)/C(C)=C/c1ccc(N(CC)CC)cc1OC. The van der Waals surface area contributed by atoms with Crippen LogP contribution in [0.1, 0.15) is 33.3 Å². The van der Waals surface area contributed by atoms with Gasteiger partial charge in [0, 0.05) is 36.0 Å². The highest BCUT2D eigenvalue weighted by molar-refractivity contribution is 5.93. The molecule has 116 valence electrons. The van der Waals surface area contributed by atoms with Gasteiger partial charge in [0.05, 0.1) is 13.7 Å². The maximum atomic E-state index is 11.7. The van der Waals surface area contributed by atoms with Crippen molar-refractivity contribution in [3.63, 3.8) is 0 Å². The topological polar surface area (TPSA) is 38.8 Å². The summed E-state index contributed by atoms with van der Waals surface area (Å²) in [4.78, 5) is 13.9. The van der Waals surface area contributed by atoms with E-state index in [-0.39, 0.29) is 5.97 Å². The van der Waals surface area contributed by atoms with Crippen molar-refractivity contribution >= 4 is 17.7 Å². The van der Waals surface area contributed by atoms with E-state index < -0.39 is 0 Å². The van der Waals surface area contributed by atoms with Crippen molar-refractivity contribution in [2.24, 2.45) is 0 Å². The van der Waals surface area contributed by atoms with E-state index in [1.54, 1.807) is 27.0 Å². The average Bonchev–Trinajstić information content (AvgIpc) is 2.49. The number of hydrogen-bond donors (Lipinski definition) is 0. The molecule has 4 heteroatoms. The Kier molecular flexibility index (Phi) is 6.79. The van der Waals surface area contributed by atoms with Crippen LogP contribution in [0.15, 0.2) is 23.8 Å². The van der Waals surface area contributed by atoms with Crippen LogP contribution in [0.3, 0.4) is 0 Å². The van der Waals surface area contributed by atoms with Gasteiger partial charge in [-0.15, -0.1) is 0 Å². The highest BCUT2D eigenvalue weighted by Crippen LogP contribution is 2.27. The van der Waals surface area contributed by atoms with Crippen LogP contribution in [0.4, 0.5) is 5.69 Å². The molecule has 0 radical (unpaired) electrons. The molecule has 0 bridgehead atoms. The summed E-state index contributed by atoms with van der Waals surface area (Å²) in [5.41, 5.74) is 2.55. The van der Waals surface area contributed by atoms with Gasteiger partial charge in [-0.1, -0.05) is 0 Å². The Morgan fingerprint density at radius 2 is 1.90 bits per heavy atom. The molecule has 1 aromatic carbocycles. The fourth-order valence-corrected chi connectivity index (χ4v) is 2.14.